The monoisotopic (exact) mass is 421 g/mol. The number of hydrogen-bond acceptors (Lipinski definition) is 7. The maximum atomic E-state index is 12.5. The summed E-state index contributed by atoms with van der Waals surface area (Å²) in [5.41, 5.74) is 1.15. The molecule has 2 aromatic heterocycles. The van der Waals surface area contributed by atoms with E-state index in [0.717, 1.165) is 17.1 Å². The van der Waals surface area contributed by atoms with Crippen LogP contribution in [0.1, 0.15) is 31.5 Å². The van der Waals surface area contributed by atoms with Crippen molar-refractivity contribution >= 4 is 32.0 Å². The van der Waals surface area contributed by atoms with E-state index in [1.54, 1.807) is 24.3 Å². The number of fused-ring (bicyclic) bond motifs is 1. The second-order valence-corrected chi connectivity index (χ2v) is 9.08. The van der Waals surface area contributed by atoms with E-state index in [1.165, 1.54) is 26.2 Å². The van der Waals surface area contributed by atoms with Crippen LogP contribution in [0.5, 0.6) is 0 Å². The molecular formula is C18H23N5O3S2. The third-order valence-corrected chi connectivity index (χ3v) is 7.43. The molecule has 1 aromatic carbocycles. The van der Waals surface area contributed by atoms with E-state index >= 15 is 0 Å². The molecule has 0 saturated heterocycles. The van der Waals surface area contributed by atoms with E-state index in [9.17, 15) is 13.2 Å². The highest BCUT2D eigenvalue weighted by atomic mass is 32.2. The van der Waals surface area contributed by atoms with E-state index < -0.39 is 10.0 Å². The zero-order chi connectivity index (χ0) is 20.3. The largest absolute Gasteiger partial charge is 0.379 e. The number of sulfonamides is 1. The molecule has 0 bridgehead atoms. The van der Waals surface area contributed by atoms with Crippen molar-refractivity contribution in [1.82, 2.24) is 18.9 Å². The van der Waals surface area contributed by atoms with Gasteiger partial charge in [-0.1, -0.05) is 32.1 Å². The average molecular weight is 422 g/mol. The minimum Gasteiger partial charge on any atom is -0.379 e. The van der Waals surface area contributed by atoms with E-state index in [1.807, 2.05) is 20.8 Å². The molecule has 0 aliphatic carbocycles. The van der Waals surface area contributed by atoms with Crippen LogP contribution in [0.25, 0.3) is 4.96 Å². The van der Waals surface area contributed by atoms with Gasteiger partial charge in [0.05, 0.1) is 17.1 Å². The van der Waals surface area contributed by atoms with Crippen LogP contribution in [-0.2, 0) is 23.0 Å². The van der Waals surface area contributed by atoms with Crippen LogP contribution >= 0.6 is 11.3 Å². The average Bonchev–Trinajstić information content (AvgIpc) is 3.11. The molecule has 0 atom stereocenters. The van der Waals surface area contributed by atoms with Crippen molar-refractivity contribution in [2.45, 2.75) is 38.6 Å². The van der Waals surface area contributed by atoms with Crippen LogP contribution < -0.4 is 10.9 Å². The molecule has 8 nitrogen and oxygen atoms in total. The molecule has 0 aliphatic heterocycles. The van der Waals surface area contributed by atoms with Gasteiger partial charge < -0.3 is 5.32 Å². The minimum absolute atomic E-state index is 0.210. The van der Waals surface area contributed by atoms with Gasteiger partial charge in [-0.15, -0.1) is 0 Å². The van der Waals surface area contributed by atoms with Gasteiger partial charge in [0.2, 0.25) is 15.0 Å². The first kappa shape index (κ1) is 20.4. The Balaban J connectivity index is 1.75. The second-order valence-electron chi connectivity index (χ2n) is 6.10. The Hall–Kier alpha value is -2.30. The third kappa shape index (κ3) is 4.08. The summed E-state index contributed by atoms with van der Waals surface area (Å²) in [6.07, 6.45) is 0.754. The highest BCUT2D eigenvalue weighted by Gasteiger charge is 2.21. The Morgan fingerprint density at radius 2 is 1.82 bits per heavy atom. The number of aryl methyl sites for hydroxylation is 1. The fraction of sp³-hybridized carbons (Fsp3) is 0.389. The van der Waals surface area contributed by atoms with Gasteiger partial charge >= 0.3 is 0 Å². The number of nitrogens with zero attached hydrogens (tertiary/aromatic N) is 4. The molecule has 3 rings (SSSR count). The van der Waals surface area contributed by atoms with Crippen molar-refractivity contribution in [3.05, 3.63) is 51.4 Å². The van der Waals surface area contributed by atoms with Crippen LogP contribution in [0.2, 0.25) is 0 Å². The molecule has 1 N–H and O–H groups in total. The van der Waals surface area contributed by atoms with Crippen LogP contribution in [0, 0.1) is 0 Å². The number of hydrogen-bond donors (Lipinski definition) is 1. The first-order chi connectivity index (χ1) is 13.4. The lowest BCUT2D eigenvalue weighted by atomic mass is 10.3. The first-order valence-electron chi connectivity index (χ1n) is 9.11. The normalized spacial score (nSPS) is 12.0. The fourth-order valence-electron chi connectivity index (χ4n) is 2.78. The van der Waals surface area contributed by atoms with E-state index in [4.69, 9.17) is 0 Å². The summed E-state index contributed by atoms with van der Waals surface area (Å²) < 4.78 is 27.8. The van der Waals surface area contributed by atoms with Gasteiger partial charge in [0.25, 0.3) is 5.56 Å². The topological polar surface area (TPSA) is 96.7 Å². The van der Waals surface area contributed by atoms with Crippen molar-refractivity contribution < 1.29 is 8.42 Å². The van der Waals surface area contributed by atoms with Crippen molar-refractivity contribution in [2.75, 3.05) is 18.4 Å². The quantitative estimate of drug-likeness (QED) is 0.600. The van der Waals surface area contributed by atoms with Gasteiger partial charge in [0.1, 0.15) is 5.01 Å². The van der Waals surface area contributed by atoms with Crippen LogP contribution in [-0.4, -0.2) is 40.4 Å². The molecule has 0 aliphatic rings. The molecule has 0 fully saturated rings. The summed E-state index contributed by atoms with van der Waals surface area (Å²) in [7, 11) is -3.47. The Morgan fingerprint density at radius 3 is 2.43 bits per heavy atom. The first-order valence-corrected chi connectivity index (χ1v) is 11.4. The zero-order valence-corrected chi connectivity index (χ0v) is 17.7. The van der Waals surface area contributed by atoms with E-state index in [0.29, 0.717) is 30.3 Å². The van der Waals surface area contributed by atoms with Crippen LogP contribution in [0.15, 0.2) is 40.0 Å². The molecule has 10 heteroatoms. The van der Waals surface area contributed by atoms with Crippen LogP contribution in [0.4, 0.5) is 5.69 Å². The highest BCUT2D eigenvalue weighted by Crippen LogP contribution is 2.19. The predicted octanol–water partition coefficient (Wildman–Crippen LogP) is 2.36. The Bertz CT molecular complexity index is 1120. The standard InChI is InChI=1S/C18H23N5O3S2/c1-4-16-21-23-17(24)11-14(20-18(23)27-16)12-19-13-7-9-15(10-8-13)28(25,26)22(5-2)6-3/h7-11,19H,4-6,12H2,1-3H3. The number of anilines is 1. The molecular weight excluding hydrogens is 398 g/mol. The lowest BCUT2D eigenvalue weighted by Gasteiger charge is -2.18. The molecule has 0 unspecified atom stereocenters. The van der Waals surface area contributed by atoms with Gasteiger partial charge in [-0.2, -0.15) is 13.9 Å². The fourth-order valence-corrected chi connectivity index (χ4v) is 5.09. The Labute approximate surface area is 167 Å². The summed E-state index contributed by atoms with van der Waals surface area (Å²) in [6, 6.07) is 8.04. The molecule has 0 radical (unpaired) electrons. The SMILES string of the molecule is CCc1nn2c(=O)cc(CNc3ccc(S(=O)(=O)N(CC)CC)cc3)nc2s1. The molecule has 0 spiro atoms. The molecule has 0 saturated carbocycles. The Morgan fingerprint density at radius 1 is 1.14 bits per heavy atom. The summed E-state index contributed by atoms with van der Waals surface area (Å²) in [5.74, 6) is 0. The van der Waals surface area contributed by atoms with Gasteiger partial charge in [-0.05, 0) is 30.7 Å². The number of rotatable bonds is 8. The number of benzene rings is 1. The molecule has 0 amide bonds. The third-order valence-electron chi connectivity index (χ3n) is 4.31. The van der Waals surface area contributed by atoms with Crippen molar-refractivity contribution in [2.24, 2.45) is 0 Å². The van der Waals surface area contributed by atoms with Gasteiger partial charge in [0.15, 0.2) is 0 Å². The highest BCUT2D eigenvalue weighted by molar-refractivity contribution is 7.89. The number of aromatic nitrogens is 3. The number of nitrogens with one attached hydrogen (secondary N) is 1. The van der Waals surface area contributed by atoms with Crippen molar-refractivity contribution in [1.29, 1.82) is 0 Å². The molecule has 28 heavy (non-hydrogen) atoms. The zero-order valence-electron chi connectivity index (χ0n) is 16.0. The van der Waals surface area contributed by atoms with Crippen molar-refractivity contribution in [3.8, 4) is 0 Å². The van der Waals surface area contributed by atoms with Crippen molar-refractivity contribution in [3.63, 3.8) is 0 Å². The smallest absolute Gasteiger partial charge is 0.275 e. The summed E-state index contributed by atoms with van der Waals surface area (Å²) in [6.45, 7) is 6.83. The minimum atomic E-state index is -3.47. The van der Waals surface area contributed by atoms with Gasteiger partial charge in [0, 0.05) is 24.8 Å². The maximum absolute atomic E-state index is 12.5. The molecule has 2 heterocycles. The van der Waals surface area contributed by atoms with Gasteiger partial charge in [-0.25, -0.2) is 13.4 Å². The predicted molar refractivity (Wildman–Crippen MR) is 110 cm³/mol. The van der Waals surface area contributed by atoms with Gasteiger partial charge in [-0.3, -0.25) is 4.79 Å². The lowest BCUT2D eigenvalue weighted by Crippen LogP contribution is -2.30. The molecule has 3 aromatic rings. The van der Waals surface area contributed by atoms with E-state index in [-0.39, 0.29) is 10.5 Å². The maximum Gasteiger partial charge on any atom is 0.275 e. The summed E-state index contributed by atoms with van der Waals surface area (Å²) in [5, 5.41) is 8.27. The van der Waals surface area contributed by atoms with E-state index in [2.05, 4.69) is 15.4 Å². The summed E-state index contributed by atoms with van der Waals surface area (Å²) >= 11 is 1.40. The Kier molecular flexibility index (Phi) is 6.11. The molecule has 150 valence electrons. The summed E-state index contributed by atoms with van der Waals surface area (Å²) in [4.78, 5) is 17.5. The second kappa shape index (κ2) is 8.38. The lowest BCUT2D eigenvalue weighted by molar-refractivity contribution is 0.445. The van der Waals surface area contributed by atoms with Crippen LogP contribution in [0.3, 0.4) is 0 Å².